The lowest BCUT2D eigenvalue weighted by molar-refractivity contribution is -0.122. The summed E-state index contributed by atoms with van der Waals surface area (Å²) < 4.78 is 2.16. The summed E-state index contributed by atoms with van der Waals surface area (Å²) in [6.45, 7) is 3.99. The van der Waals surface area contributed by atoms with Crippen LogP contribution in [0.25, 0.3) is 0 Å². The Morgan fingerprint density at radius 1 is 1.56 bits per heavy atom. The van der Waals surface area contributed by atoms with Gasteiger partial charge in [-0.05, 0) is 35.3 Å². The lowest BCUT2D eigenvalue weighted by Crippen LogP contribution is -2.36. The molecule has 0 aliphatic heterocycles. The van der Waals surface area contributed by atoms with E-state index in [9.17, 15) is 9.59 Å². The minimum absolute atomic E-state index is 0.0581. The molecule has 1 aromatic rings. The summed E-state index contributed by atoms with van der Waals surface area (Å²) in [5.74, 6) is -0.144. The van der Waals surface area contributed by atoms with Crippen LogP contribution in [0.15, 0.2) is 27.6 Å². The molecule has 88 valence electrons. The monoisotopic (exact) mass is 286 g/mol. The van der Waals surface area contributed by atoms with E-state index in [1.165, 1.54) is 10.6 Å². The lowest BCUT2D eigenvalue weighted by Gasteiger charge is -2.12. The van der Waals surface area contributed by atoms with Crippen molar-refractivity contribution in [1.82, 2.24) is 9.88 Å². The second-order valence-electron chi connectivity index (χ2n) is 3.69. The predicted molar refractivity (Wildman–Crippen MR) is 66.3 cm³/mol. The Morgan fingerprint density at radius 3 is 2.88 bits per heavy atom. The van der Waals surface area contributed by atoms with E-state index in [1.54, 1.807) is 12.3 Å². The van der Waals surface area contributed by atoms with E-state index in [2.05, 4.69) is 21.2 Å². The molecule has 0 aliphatic rings. The molecule has 1 heterocycles. The molecule has 1 amide bonds. The summed E-state index contributed by atoms with van der Waals surface area (Å²) in [6.07, 6.45) is 2.48. The highest BCUT2D eigenvalue weighted by molar-refractivity contribution is 9.10. The zero-order chi connectivity index (χ0) is 12.1. The van der Waals surface area contributed by atoms with Crippen LogP contribution in [0, 0.1) is 0 Å². The SMILES string of the molecule is CCC(C)NC(=O)Cn1cc(Br)ccc1=O. The molecule has 5 heteroatoms. The quantitative estimate of drug-likeness (QED) is 0.913. The van der Waals surface area contributed by atoms with E-state index >= 15 is 0 Å². The van der Waals surface area contributed by atoms with Gasteiger partial charge in [-0.3, -0.25) is 9.59 Å². The molecule has 0 aromatic carbocycles. The maximum absolute atomic E-state index is 11.6. The maximum Gasteiger partial charge on any atom is 0.251 e. The number of pyridine rings is 1. The van der Waals surface area contributed by atoms with Gasteiger partial charge < -0.3 is 9.88 Å². The molecule has 1 atom stereocenters. The van der Waals surface area contributed by atoms with Crippen LogP contribution in [0.2, 0.25) is 0 Å². The van der Waals surface area contributed by atoms with E-state index in [0.717, 1.165) is 10.9 Å². The van der Waals surface area contributed by atoms with Crippen molar-refractivity contribution in [2.75, 3.05) is 0 Å². The van der Waals surface area contributed by atoms with Crippen molar-refractivity contribution in [2.24, 2.45) is 0 Å². The number of amides is 1. The fourth-order valence-corrected chi connectivity index (χ4v) is 1.58. The molecule has 0 spiro atoms. The van der Waals surface area contributed by atoms with Gasteiger partial charge in [0, 0.05) is 22.8 Å². The third-order valence-corrected chi connectivity index (χ3v) is 2.75. The average Bonchev–Trinajstić information content (AvgIpc) is 2.23. The second kappa shape index (κ2) is 5.84. The molecule has 1 unspecified atom stereocenters. The number of hydrogen-bond donors (Lipinski definition) is 1. The van der Waals surface area contributed by atoms with Crippen LogP contribution in [0.4, 0.5) is 0 Å². The van der Waals surface area contributed by atoms with E-state index in [4.69, 9.17) is 0 Å². The van der Waals surface area contributed by atoms with Gasteiger partial charge in [-0.1, -0.05) is 6.92 Å². The number of hydrogen-bond acceptors (Lipinski definition) is 2. The Hall–Kier alpha value is -1.10. The van der Waals surface area contributed by atoms with Crippen LogP contribution in [-0.2, 0) is 11.3 Å². The Bertz CT molecular complexity index is 428. The minimum Gasteiger partial charge on any atom is -0.352 e. The highest BCUT2D eigenvalue weighted by Crippen LogP contribution is 2.04. The van der Waals surface area contributed by atoms with Crippen molar-refractivity contribution >= 4 is 21.8 Å². The normalized spacial score (nSPS) is 12.2. The summed E-state index contributed by atoms with van der Waals surface area (Å²) in [6, 6.07) is 3.22. The number of nitrogens with one attached hydrogen (secondary N) is 1. The highest BCUT2D eigenvalue weighted by atomic mass is 79.9. The Kier molecular flexibility index (Phi) is 4.73. The van der Waals surface area contributed by atoms with Crippen molar-refractivity contribution in [2.45, 2.75) is 32.9 Å². The van der Waals surface area contributed by atoms with Gasteiger partial charge >= 0.3 is 0 Å². The zero-order valence-electron chi connectivity index (χ0n) is 9.37. The van der Waals surface area contributed by atoms with Crippen LogP contribution in [-0.4, -0.2) is 16.5 Å². The van der Waals surface area contributed by atoms with Crippen molar-refractivity contribution < 1.29 is 4.79 Å². The third-order valence-electron chi connectivity index (χ3n) is 2.28. The standard InChI is InChI=1S/C11H15BrN2O2/c1-3-8(2)13-10(15)7-14-6-9(12)4-5-11(14)16/h4-6,8H,3,7H2,1-2H3,(H,13,15). The first-order valence-electron chi connectivity index (χ1n) is 5.18. The van der Waals surface area contributed by atoms with Gasteiger partial charge in [-0.2, -0.15) is 0 Å². The van der Waals surface area contributed by atoms with Gasteiger partial charge in [0.25, 0.3) is 5.56 Å². The molecule has 1 N–H and O–H groups in total. The van der Waals surface area contributed by atoms with Crippen molar-refractivity contribution in [3.8, 4) is 0 Å². The van der Waals surface area contributed by atoms with Crippen molar-refractivity contribution in [3.63, 3.8) is 0 Å². The first kappa shape index (κ1) is 13.0. The zero-order valence-corrected chi connectivity index (χ0v) is 11.0. The molecule has 0 radical (unpaired) electrons. The van der Waals surface area contributed by atoms with Gasteiger partial charge in [0.2, 0.25) is 5.91 Å². The molecule has 1 aromatic heterocycles. The summed E-state index contributed by atoms with van der Waals surface area (Å²) in [7, 11) is 0. The predicted octanol–water partition coefficient (Wildman–Crippen LogP) is 1.53. The van der Waals surface area contributed by atoms with Crippen LogP contribution in [0.3, 0.4) is 0 Å². The number of rotatable bonds is 4. The van der Waals surface area contributed by atoms with Crippen molar-refractivity contribution in [1.29, 1.82) is 0 Å². The van der Waals surface area contributed by atoms with E-state index in [-0.39, 0.29) is 24.1 Å². The van der Waals surface area contributed by atoms with Gasteiger partial charge in [0.1, 0.15) is 6.54 Å². The third kappa shape index (κ3) is 3.81. The summed E-state index contributed by atoms with van der Waals surface area (Å²) >= 11 is 3.26. The van der Waals surface area contributed by atoms with Crippen molar-refractivity contribution in [3.05, 3.63) is 33.2 Å². The topological polar surface area (TPSA) is 51.1 Å². The first-order chi connectivity index (χ1) is 7.52. The number of halogens is 1. The van der Waals surface area contributed by atoms with Crippen LogP contribution >= 0.6 is 15.9 Å². The smallest absolute Gasteiger partial charge is 0.251 e. The molecule has 4 nitrogen and oxygen atoms in total. The number of carbonyl (C=O) groups excluding carboxylic acids is 1. The van der Waals surface area contributed by atoms with E-state index < -0.39 is 0 Å². The number of carbonyl (C=O) groups is 1. The summed E-state index contributed by atoms with van der Waals surface area (Å²) in [4.78, 5) is 23.0. The molecular formula is C11H15BrN2O2. The van der Waals surface area contributed by atoms with Gasteiger partial charge in [-0.15, -0.1) is 0 Å². The lowest BCUT2D eigenvalue weighted by atomic mass is 10.2. The molecule has 0 saturated carbocycles. The molecule has 0 saturated heterocycles. The molecular weight excluding hydrogens is 272 g/mol. The fraction of sp³-hybridized carbons (Fsp3) is 0.455. The largest absolute Gasteiger partial charge is 0.352 e. The Balaban J connectivity index is 2.69. The molecule has 1 rings (SSSR count). The molecule has 16 heavy (non-hydrogen) atoms. The molecule has 0 aliphatic carbocycles. The molecule has 0 bridgehead atoms. The first-order valence-corrected chi connectivity index (χ1v) is 5.97. The Morgan fingerprint density at radius 2 is 2.25 bits per heavy atom. The summed E-state index contributed by atoms with van der Waals surface area (Å²) in [5.41, 5.74) is -0.178. The van der Waals surface area contributed by atoms with Crippen LogP contribution in [0.5, 0.6) is 0 Å². The van der Waals surface area contributed by atoms with Gasteiger partial charge in [0.15, 0.2) is 0 Å². The fourth-order valence-electron chi connectivity index (χ4n) is 1.20. The van der Waals surface area contributed by atoms with E-state index in [0.29, 0.717) is 0 Å². The van der Waals surface area contributed by atoms with Crippen LogP contribution < -0.4 is 10.9 Å². The number of aromatic nitrogens is 1. The second-order valence-corrected chi connectivity index (χ2v) is 4.61. The van der Waals surface area contributed by atoms with E-state index in [1.807, 2.05) is 13.8 Å². The number of nitrogens with zero attached hydrogens (tertiary/aromatic N) is 1. The maximum atomic E-state index is 11.6. The highest BCUT2D eigenvalue weighted by Gasteiger charge is 2.07. The Labute approximate surface area is 103 Å². The molecule has 0 fully saturated rings. The van der Waals surface area contributed by atoms with Gasteiger partial charge in [-0.25, -0.2) is 0 Å². The minimum atomic E-state index is -0.178. The van der Waals surface area contributed by atoms with Gasteiger partial charge in [0.05, 0.1) is 0 Å². The average molecular weight is 287 g/mol. The summed E-state index contributed by atoms with van der Waals surface area (Å²) in [5, 5.41) is 2.81. The van der Waals surface area contributed by atoms with Crippen LogP contribution in [0.1, 0.15) is 20.3 Å².